The number of nitro benzene ring substituents is 3. The third kappa shape index (κ3) is 6.55. The van der Waals surface area contributed by atoms with Gasteiger partial charge in [-0.15, -0.1) is 0 Å². The summed E-state index contributed by atoms with van der Waals surface area (Å²) in [6, 6.07) is 9.36. The number of phenolic OH excluding ortho intramolecular Hbond substituents is 1. The Morgan fingerprint density at radius 3 is 1.76 bits per heavy atom. The van der Waals surface area contributed by atoms with E-state index in [0.29, 0.717) is 17.7 Å². The van der Waals surface area contributed by atoms with Gasteiger partial charge in [-0.1, -0.05) is 18.2 Å². The molecule has 2 aromatic rings. The molecular formula is C15H12N4O10. The molecule has 0 saturated heterocycles. The minimum Gasteiger partial charge on any atom is -0.497 e. The van der Waals surface area contributed by atoms with Crippen molar-refractivity contribution in [2.75, 3.05) is 6.54 Å². The lowest BCUT2D eigenvalue weighted by atomic mass is 10.2. The first-order valence-electron chi connectivity index (χ1n) is 7.39. The molecule has 14 heteroatoms. The maximum Gasteiger partial charge on any atom is 0.324 e. The predicted octanol–water partition coefficient (Wildman–Crippen LogP) is 1.62. The first-order valence-corrected chi connectivity index (χ1v) is 7.39. The molecule has 0 aromatic heterocycles. The molecule has 29 heavy (non-hydrogen) atoms. The van der Waals surface area contributed by atoms with Crippen LogP contribution in [0.4, 0.5) is 17.1 Å². The molecule has 1 amide bonds. The molecule has 14 nitrogen and oxygen atoms in total. The second kappa shape index (κ2) is 9.91. The lowest BCUT2D eigenvalue weighted by molar-refractivity contribution is -0.404. The molecule has 0 bridgehead atoms. The number of hydrogen-bond acceptors (Lipinski definition) is 9. The number of carboxylic acid groups (broad SMARTS) is 1. The summed E-state index contributed by atoms with van der Waals surface area (Å²) in [5.41, 5.74) is -2.54. The summed E-state index contributed by atoms with van der Waals surface area (Å²) in [6.07, 6.45) is 0. The number of carbonyl (C=O) groups is 2. The van der Waals surface area contributed by atoms with Gasteiger partial charge >= 0.3 is 17.3 Å². The van der Waals surface area contributed by atoms with Crippen LogP contribution in [0.25, 0.3) is 0 Å². The van der Waals surface area contributed by atoms with Gasteiger partial charge in [-0.3, -0.25) is 39.9 Å². The minimum atomic E-state index is -1.21. The largest absolute Gasteiger partial charge is 0.497 e. The van der Waals surface area contributed by atoms with Gasteiger partial charge in [0.25, 0.3) is 17.3 Å². The lowest BCUT2D eigenvalue weighted by Crippen LogP contribution is -2.29. The third-order valence-electron chi connectivity index (χ3n) is 3.09. The standard InChI is InChI=1S/C9H9NO3.C6H3N3O7/c11-8(12)6-10-9(13)7-4-2-1-3-5-7;10-6-4(8(13)14)1-3(7(11)12)2-5(6)9(15)16/h1-5H,6H2,(H,10,13)(H,11,12);1-2,10H. The highest BCUT2D eigenvalue weighted by atomic mass is 16.6. The smallest absolute Gasteiger partial charge is 0.324 e. The van der Waals surface area contributed by atoms with Crippen LogP contribution >= 0.6 is 0 Å². The quantitative estimate of drug-likeness (QED) is 0.463. The van der Waals surface area contributed by atoms with Crippen molar-refractivity contribution in [3.05, 3.63) is 78.4 Å². The van der Waals surface area contributed by atoms with Gasteiger partial charge in [-0.2, -0.15) is 0 Å². The molecule has 2 rings (SSSR count). The van der Waals surface area contributed by atoms with Crippen molar-refractivity contribution in [2.24, 2.45) is 0 Å². The van der Waals surface area contributed by atoms with Crippen LogP contribution < -0.4 is 5.32 Å². The van der Waals surface area contributed by atoms with E-state index in [1.54, 1.807) is 30.3 Å². The molecule has 3 N–H and O–H groups in total. The number of amides is 1. The van der Waals surface area contributed by atoms with Crippen molar-refractivity contribution >= 4 is 28.9 Å². The number of aromatic hydroxyl groups is 1. The minimum absolute atomic E-state index is 0.353. The summed E-state index contributed by atoms with van der Waals surface area (Å²) in [7, 11) is 0. The number of carboxylic acids is 1. The highest BCUT2D eigenvalue weighted by Crippen LogP contribution is 2.38. The maximum absolute atomic E-state index is 11.2. The van der Waals surface area contributed by atoms with E-state index in [-0.39, 0.29) is 12.5 Å². The lowest BCUT2D eigenvalue weighted by Gasteiger charge is -2.00. The summed E-state index contributed by atoms with van der Waals surface area (Å²) in [5, 5.41) is 50.8. The summed E-state index contributed by atoms with van der Waals surface area (Å²) in [4.78, 5) is 49.1. The van der Waals surface area contributed by atoms with E-state index in [1.807, 2.05) is 0 Å². The number of carbonyl (C=O) groups excluding carboxylic acids is 1. The van der Waals surface area contributed by atoms with E-state index in [1.165, 1.54) is 0 Å². The van der Waals surface area contributed by atoms with Crippen LogP contribution in [0.1, 0.15) is 10.4 Å². The van der Waals surface area contributed by atoms with Crippen LogP contribution in [-0.2, 0) is 4.79 Å². The van der Waals surface area contributed by atoms with Gasteiger partial charge in [-0.25, -0.2) is 0 Å². The summed E-state index contributed by atoms with van der Waals surface area (Å²) in [5.74, 6) is -2.63. The zero-order valence-electron chi connectivity index (χ0n) is 14.3. The number of phenols is 1. The Hall–Kier alpha value is -4.62. The number of benzene rings is 2. The highest BCUT2D eigenvalue weighted by molar-refractivity contribution is 5.95. The van der Waals surface area contributed by atoms with E-state index >= 15 is 0 Å². The molecule has 0 fully saturated rings. The normalized spacial score (nSPS) is 9.52. The number of rotatable bonds is 6. The van der Waals surface area contributed by atoms with Gasteiger partial charge in [-0.05, 0) is 12.1 Å². The number of nitrogens with one attached hydrogen (secondary N) is 1. The summed E-state index contributed by atoms with van der Waals surface area (Å²) < 4.78 is 0. The Bertz CT molecular complexity index is 926. The molecule has 0 aliphatic carbocycles. The van der Waals surface area contributed by atoms with Crippen LogP contribution in [0.15, 0.2) is 42.5 Å². The molecule has 0 radical (unpaired) electrons. The van der Waals surface area contributed by atoms with Crippen LogP contribution in [0.5, 0.6) is 5.75 Å². The second-order valence-corrected chi connectivity index (χ2v) is 5.05. The first kappa shape index (κ1) is 22.4. The fourth-order valence-electron chi connectivity index (χ4n) is 1.82. The van der Waals surface area contributed by atoms with E-state index < -0.39 is 43.6 Å². The van der Waals surface area contributed by atoms with Gasteiger partial charge in [0.05, 0.1) is 26.9 Å². The number of nitrogens with zero attached hydrogens (tertiary/aromatic N) is 3. The van der Waals surface area contributed by atoms with E-state index in [4.69, 9.17) is 10.2 Å². The van der Waals surface area contributed by atoms with E-state index in [2.05, 4.69) is 5.32 Å². The predicted molar refractivity (Wildman–Crippen MR) is 94.5 cm³/mol. The van der Waals surface area contributed by atoms with Gasteiger partial charge in [0.2, 0.25) is 0 Å². The van der Waals surface area contributed by atoms with Crippen LogP contribution in [0.3, 0.4) is 0 Å². The monoisotopic (exact) mass is 408 g/mol. The fourth-order valence-corrected chi connectivity index (χ4v) is 1.82. The number of aliphatic carboxylic acids is 1. The zero-order valence-corrected chi connectivity index (χ0v) is 14.3. The Morgan fingerprint density at radius 1 is 0.897 bits per heavy atom. The number of hydrogen-bond donors (Lipinski definition) is 3. The molecular weight excluding hydrogens is 396 g/mol. The number of non-ortho nitro benzene ring substituents is 1. The zero-order chi connectivity index (χ0) is 22.1. The highest BCUT2D eigenvalue weighted by Gasteiger charge is 2.30. The van der Waals surface area contributed by atoms with Crippen LogP contribution in [0, 0.1) is 30.3 Å². The van der Waals surface area contributed by atoms with Crippen LogP contribution in [0.2, 0.25) is 0 Å². The Balaban J connectivity index is 0.000000296. The van der Waals surface area contributed by atoms with Gasteiger partial charge in [0.15, 0.2) is 0 Å². The molecule has 0 heterocycles. The second-order valence-electron chi connectivity index (χ2n) is 5.05. The Kier molecular flexibility index (Phi) is 7.66. The third-order valence-corrected chi connectivity index (χ3v) is 3.09. The van der Waals surface area contributed by atoms with Crippen molar-refractivity contribution in [2.45, 2.75) is 0 Å². The molecule has 0 aliphatic heterocycles. The fraction of sp³-hybridized carbons (Fsp3) is 0.0667. The molecule has 2 aromatic carbocycles. The van der Waals surface area contributed by atoms with Crippen molar-refractivity contribution in [3.63, 3.8) is 0 Å². The molecule has 0 unspecified atom stereocenters. The van der Waals surface area contributed by atoms with Crippen LogP contribution in [-0.4, -0.2) is 43.4 Å². The molecule has 0 saturated carbocycles. The first-order chi connectivity index (χ1) is 13.5. The SMILES string of the molecule is O=C(O)CNC(=O)c1ccccc1.O=[N+]([O-])c1cc([N+](=O)[O-])c(O)c([N+](=O)[O-])c1. The summed E-state index contributed by atoms with van der Waals surface area (Å²) in [6.45, 7) is -0.353. The molecule has 0 atom stereocenters. The molecule has 0 aliphatic rings. The Labute approximate surface area is 160 Å². The molecule has 152 valence electrons. The average molecular weight is 408 g/mol. The van der Waals surface area contributed by atoms with Crippen molar-refractivity contribution < 1.29 is 34.6 Å². The van der Waals surface area contributed by atoms with E-state index in [9.17, 15) is 39.9 Å². The maximum atomic E-state index is 11.2. The Morgan fingerprint density at radius 2 is 1.38 bits per heavy atom. The summed E-state index contributed by atoms with van der Waals surface area (Å²) >= 11 is 0. The molecule has 0 spiro atoms. The topological polar surface area (TPSA) is 216 Å². The van der Waals surface area contributed by atoms with E-state index in [0.717, 1.165) is 0 Å². The van der Waals surface area contributed by atoms with Gasteiger partial charge in [0, 0.05) is 5.56 Å². The van der Waals surface area contributed by atoms with Gasteiger partial charge in [0.1, 0.15) is 6.54 Å². The van der Waals surface area contributed by atoms with Gasteiger partial charge < -0.3 is 15.5 Å². The van der Waals surface area contributed by atoms with Crippen molar-refractivity contribution in [1.29, 1.82) is 0 Å². The van der Waals surface area contributed by atoms with Crippen molar-refractivity contribution in [3.8, 4) is 5.75 Å². The van der Waals surface area contributed by atoms with Crippen molar-refractivity contribution in [1.82, 2.24) is 5.32 Å². The number of nitro groups is 3. The average Bonchev–Trinajstić information content (AvgIpc) is 2.66.